The Morgan fingerprint density at radius 2 is 1.58 bits per heavy atom. The van der Waals surface area contributed by atoms with Crippen molar-refractivity contribution in [2.75, 3.05) is 20.2 Å². The predicted octanol–water partition coefficient (Wildman–Crippen LogP) is 5.48. The van der Waals surface area contributed by atoms with Crippen LogP contribution in [0.5, 0.6) is 0 Å². The van der Waals surface area contributed by atoms with E-state index in [0.717, 1.165) is 37.1 Å². The van der Waals surface area contributed by atoms with E-state index >= 15 is 0 Å². The summed E-state index contributed by atoms with van der Waals surface area (Å²) in [5.74, 6) is -0.380. The quantitative estimate of drug-likeness (QED) is 0.314. The van der Waals surface area contributed by atoms with Crippen LogP contribution in [0.4, 0.5) is 13.2 Å². The molecule has 1 saturated heterocycles. The molecule has 0 saturated carbocycles. The molecular formula is C32H33F3N2O5S. The van der Waals surface area contributed by atoms with E-state index in [4.69, 9.17) is 4.74 Å². The lowest BCUT2D eigenvalue weighted by molar-refractivity contribution is -0.137. The summed E-state index contributed by atoms with van der Waals surface area (Å²) in [6, 6.07) is 17.3. The van der Waals surface area contributed by atoms with E-state index < -0.39 is 33.8 Å². The largest absolute Gasteiger partial charge is 0.465 e. The Hall–Kier alpha value is -3.70. The van der Waals surface area contributed by atoms with Crippen LogP contribution in [0.1, 0.15) is 51.9 Å². The number of carbonyl (C=O) groups is 2. The number of halogens is 3. The number of carbonyl (C=O) groups excluding carboxylic acids is 2. The number of alkyl halides is 3. The lowest BCUT2D eigenvalue weighted by Gasteiger charge is -2.39. The first kappa shape index (κ1) is 30.7. The molecule has 228 valence electrons. The molecule has 11 heteroatoms. The number of sulfonamides is 1. The molecule has 0 radical (unpaired) electrons. The van der Waals surface area contributed by atoms with Crippen LogP contribution in [0.15, 0.2) is 77.7 Å². The number of amides is 1. The van der Waals surface area contributed by atoms with Gasteiger partial charge >= 0.3 is 12.1 Å². The Balaban J connectivity index is 1.38. The topological polar surface area (TPSA) is 84.0 Å². The number of benzene rings is 3. The second-order valence-corrected chi connectivity index (χ2v) is 13.0. The normalized spacial score (nSPS) is 17.6. The molecule has 1 aliphatic heterocycles. The van der Waals surface area contributed by atoms with Gasteiger partial charge in [0.15, 0.2) is 0 Å². The zero-order chi connectivity index (χ0) is 30.8. The Morgan fingerprint density at radius 1 is 0.953 bits per heavy atom. The zero-order valence-electron chi connectivity index (χ0n) is 23.7. The van der Waals surface area contributed by atoms with E-state index in [1.165, 1.54) is 34.7 Å². The van der Waals surface area contributed by atoms with Gasteiger partial charge in [-0.25, -0.2) is 13.2 Å². The lowest BCUT2D eigenvalue weighted by atomic mass is 9.99. The van der Waals surface area contributed by atoms with Gasteiger partial charge in [0.05, 0.1) is 23.1 Å². The minimum Gasteiger partial charge on any atom is -0.465 e. The second kappa shape index (κ2) is 12.5. The number of hydrogen-bond acceptors (Lipinski definition) is 5. The maximum atomic E-state index is 14.0. The third kappa shape index (κ3) is 6.94. The van der Waals surface area contributed by atoms with Gasteiger partial charge in [-0.1, -0.05) is 36.4 Å². The fourth-order valence-corrected chi connectivity index (χ4v) is 7.63. The minimum atomic E-state index is -4.60. The van der Waals surface area contributed by atoms with Crippen LogP contribution in [-0.4, -0.2) is 55.7 Å². The monoisotopic (exact) mass is 614 g/mol. The minimum absolute atomic E-state index is 0.0307. The maximum Gasteiger partial charge on any atom is 0.416 e. The molecule has 3 aromatic rings. The number of esters is 1. The van der Waals surface area contributed by atoms with Crippen LogP contribution in [0.25, 0.3) is 0 Å². The van der Waals surface area contributed by atoms with E-state index in [0.29, 0.717) is 36.9 Å². The summed E-state index contributed by atoms with van der Waals surface area (Å²) < 4.78 is 73.5. The number of likely N-dealkylation sites (tertiary alicyclic amines) is 1. The van der Waals surface area contributed by atoms with Crippen LogP contribution in [0.2, 0.25) is 0 Å². The van der Waals surface area contributed by atoms with Crippen molar-refractivity contribution in [2.45, 2.75) is 55.8 Å². The van der Waals surface area contributed by atoms with Crippen molar-refractivity contribution in [3.63, 3.8) is 0 Å². The SMILES string of the molecule is COC(=O)c1ccc(CN(C2CCCN(C(=O)CC3Cc4ccccc4C3)C2)S(=O)(=O)c2ccc(C(F)(F)F)cc2)cc1. The summed E-state index contributed by atoms with van der Waals surface area (Å²) in [7, 11) is -3.00. The van der Waals surface area contributed by atoms with E-state index in [1.807, 2.05) is 12.1 Å². The molecule has 0 bridgehead atoms. The Labute approximate surface area is 249 Å². The number of piperidine rings is 1. The van der Waals surface area contributed by atoms with Crippen LogP contribution < -0.4 is 0 Å². The lowest BCUT2D eigenvalue weighted by Crippen LogP contribution is -2.51. The van der Waals surface area contributed by atoms with Crippen LogP contribution in [-0.2, 0) is 45.1 Å². The smallest absolute Gasteiger partial charge is 0.416 e. The summed E-state index contributed by atoms with van der Waals surface area (Å²) in [5, 5.41) is 0. The van der Waals surface area contributed by atoms with Gasteiger partial charge in [0.2, 0.25) is 15.9 Å². The van der Waals surface area contributed by atoms with Crippen molar-refractivity contribution < 1.29 is 35.9 Å². The van der Waals surface area contributed by atoms with E-state index in [1.54, 1.807) is 17.0 Å². The molecule has 0 N–H and O–H groups in total. The highest BCUT2D eigenvalue weighted by atomic mass is 32.2. The van der Waals surface area contributed by atoms with Crippen LogP contribution in [0, 0.1) is 5.92 Å². The molecule has 1 unspecified atom stereocenters. The van der Waals surface area contributed by atoms with Gasteiger partial charge in [0.25, 0.3) is 0 Å². The molecule has 0 spiro atoms. The van der Waals surface area contributed by atoms with Crippen molar-refractivity contribution >= 4 is 21.9 Å². The predicted molar refractivity (Wildman–Crippen MR) is 154 cm³/mol. The average molecular weight is 615 g/mol. The molecule has 2 aliphatic rings. The standard InChI is InChI=1S/C32H33F3N2O5S/c1-42-31(39)24-10-8-22(9-11-24)20-37(43(40,41)29-14-12-27(13-15-29)32(33,34)35)28-7-4-16-36(21-28)30(38)19-23-17-25-5-2-3-6-26(25)18-23/h2-3,5-6,8-15,23,28H,4,7,16-21H2,1H3. The first-order chi connectivity index (χ1) is 20.5. The molecule has 0 aromatic heterocycles. The van der Waals surface area contributed by atoms with Gasteiger partial charge < -0.3 is 9.64 Å². The molecule has 43 heavy (non-hydrogen) atoms. The third-order valence-corrected chi connectivity index (χ3v) is 10.2. The molecule has 1 fully saturated rings. The van der Waals surface area contributed by atoms with E-state index in [9.17, 15) is 31.2 Å². The van der Waals surface area contributed by atoms with Crippen molar-refractivity contribution in [1.29, 1.82) is 0 Å². The summed E-state index contributed by atoms with van der Waals surface area (Å²) in [6.07, 6.45) is -1.51. The summed E-state index contributed by atoms with van der Waals surface area (Å²) >= 11 is 0. The molecule has 1 aliphatic carbocycles. The van der Waals surface area contributed by atoms with Crippen molar-refractivity contribution in [3.8, 4) is 0 Å². The number of ether oxygens (including phenoxy) is 1. The Bertz CT molecular complexity index is 1550. The number of nitrogens with zero attached hydrogens (tertiary/aromatic N) is 2. The fourth-order valence-electron chi connectivity index (χ4n) is 5.99. The number of fused-ring (bicyclic) bond motifs is 1. The number of rotatable bonds is 8. The zero-order valence-corrected chi connectivity index (χ0v) is 24.5. The Morgan fingerprint density at radius 3 is 2.16 bits per heavy atom. The van der Waals surface area contributed by atoms with E-state index in [-0.39, 0.29) is 29.8 Å². The average Bonchev–Trinajstić information content (AvgIpc) is 3.41. The summed E-state index contributed by atoms with van der Waals surface area (Å²) in [6.45, 7) is 0.602. The first-order valence-electron chi connectivity index (χ1n) is 14.2. The van der Waals surface area contributed by atoms with Crippen LogP contribution in [0.3, 0.4) is 0 Å². The molecule has 1 heterocycles. The van der Waals surface area contributed by atoms with Gasteiger partial charge in [0.1, 0.15) is 0 Å². The third-order valence-electron chi connectivity index (χ3n) is 8.26. The van der Waals surface area contributed by atoms with Crippen LogP contribution >= 0.6 is 0 Å². The van der Waals surface area contributed by atoms with Crippen molar-refractivity contribution in [1.82, 2.24) is 9.21 Å². The molecule has 1 amide bonds. The first-order valence-corrected chi connectivity index (χ1v) is 15.6. The highest BCUT2D eigenvalue weighted by Crippen LogP contribution is 2.33. The molecule has 7 nitrogen and oxygen atoms in total. The van der Waals surface area contributed by atoms with Gasteiger partial charge in [-0.2, -0.15) is 17.5 Å². The number of methoxy groups -OCH3 is 1. The fraction of sp³-hybridized carbons (Fsp3) is 0.375. The Kier molecular flexibility index (Phi) is 8.94. The molecule has 3 aromatic carbocycles. The number of hydrogen-bond donors (Lipinski definition) is 0. The summed E-state index contributed by atoms with van der Waals surface area (Å²) in [4.78, 5) is 26.7. The van der Waals surface area contributed by atoms with Crippen molar-refractivity contribution in [3.05, 3.63) is 101 Å². The molecule has 1 atom stereocenters. The van der Waals surface area contributed by atoms with E-state index in [2.05, 4.69) is 12.1 Å². The van der Waals surface area contributed by atoms with Gasteiger partial charge in [-0.05, 0) is 84.7 Å². The van der Waals surface area contributed by atoms with Gasteiger partial charge in [-0.3, -0.25) is 4.79 Å². The second-order valence-electron chi connectivity index (χ2n) is 11.1. The van der Waals surface area contributed by atoms with Gasteiger partial charge in [0, 0.05) is 32.1 Å². The summed E-state index contributed by atoms with van der Waals surface area (Å²) in [5.41, 5.74) is 2.44. The van der Waals surface area contributed by atoms with Gasteiger partial charge in [-0.15, -0.1) is 0 Å². The molecule has 5 rings (SSSR count). The maximum absolute atomic E-state index is 14.0. The molecular weight excluding hydrogens is 581 g/mol. The highest BCUT2D eigenvalue weighted by Gasteiger charge is 2.37. The highest BCUT2D eigenvalue weighted by molar-refractivity contribution is 7.89. The van der Waals surface area contributed by atoms with Crippen molar-refractivity contribution in [2.24, 2.45) is 5.92 Å².